The summed E-state index contributed by atoms with van der Waals surface area (Å²) in [6.07, 6.45) is 0. The van der Waals surface area contributed by atoms with Gasteiger partial charge >= 0.3 is 0 Å². The monoisotopic (exact) mass is 328 g/mol. The van der Waals surface area contributed by atoms with E-state index in [1.54, 1.807) is 6.07 Å². The topological polar surface area (TPSA) is 68.4 Å². The van der Waals surface area contributed by atoms with Crippen molar-refractivity contribution in [3.63, 3.8) is 0 Å². The van der Waals surface area contributed by atoms with Gasteiger partial charge in [0.05, 0.1) is 17.3 Å². The predicted molar refractivity (Wildman–Crippen MR) is 76.1 cm³/mol. The molecular formula is C12H13BrN2O2S. The van der Waals surface area contributed by atoms with Crippen molar-refractivity contribution in [1.29, 1.82) is 0 Å². The molecule has 4 nitrogen and oxygen atoms in total. The van der Waals surface area contributed by atoms with Crippen LogP contribution < -0.4 is 10.5 Å². The van der Waals surface area contributed by atoms with Gasteiger partial charge in [0.15, 0.2) is 11.5 Å². The number of phenols is 1. The Labute approximate surface area is 118 Å². The highest BCUT2D eigenvalue weighted by molar-refractivity contribution is 9.10. The lowest BCUT2D eigenvalue weighted by molar-refractivity contribution is 0.372. The lowest BCUT2D eigenvalue weighted by Gasteiger charge is -2.07. The summed E-state index contributed by atoms with van der Waals surface area (Å²) in [5.74, 6) is 0.502. The van der Waals surface area contributed by atoms with Crippen LogP contribution >= 0.6 is 27.3 Å². The minimum absolute atomic E-state index is 0.0857. The molecule has 1 heterocycles. The van der Waals surface area contributed by atoms with Gasteiger partial charge in [0.2, 0.25) is 0 Å². The number of phenolic OH excluding ortho intramolecular Hbond substituents is 1. The number of hydrogen-bond donors (Lipinski definition) is 2. The van der Waals surface area contributed by atoms with Gasteiger partial charge in [0.25, 0.3) is 0 Å². The van der Waals surface area contributed by atoms with Gasteiger partial charge < -0.3 is 15.6 Å². The van der Waals surface area contributed by atoms with Crippen molar-refractivity contribution < 1.29 is 9.84 Å². The summed E-state index contributed by atoms with van der Waals surface area (Å²) >= 11 is 4.81. The molecule has 0 radical (unpaired) electrons. The van der Waals surface area contributed by atoms with Crippen LogP contribution in [0.2, 0.25) is 0 Å². The van der Waals surface area contributed by atoms with Crippen LogP contribution in [-0.4, -0.2) is 17.2 Å². The zero-order valence-electron chi connectivity index (χ0n) is 9.98. The standard InChI is InChI=1S/C12H13BrN2O2S/c1-6(14)9-5-18-12(15-9)7-3-8(13)11(16)10(4-7)17-2/h3-6,16H,14H2,1-2H3. The molecule has 96 valence electrons. The molecular weight excluding hydrogens is 316 g/mol. The second-order valence-corrected chi connectivity index (χ2v) is 5.59. The van der Waals surface area contributed by atoms with Crippen molar-refractivity contribution in [2.45, 2.75) is 13.0 Å². The molecule has 0 aliphatic rings. The molecule has 1 atom stereocenters. The van der Waals surface area contributed by atoms with Gasteiger partial charge in [-0.1, -0.05) is 0 Å². The van der Waals surface area contributed by atoms with E-state index in [0.717, 1.165) is 16.3 Å². The molecule has 1 aromatic heterocycles. The lowest BCUT2D eigenvalue weighted by atomic mass is 10.2. The van der Waals surface area contributed by atoms with E-state index < -0.39 is 0 Å². The Morgan fingerprint density at radius 1 is 1.50 bits per heavy atom. The number of halogens is 1. The van der Waals surface area contributed by atoms with E-state index in [2.05, 4.69) is 20.9 Å². The number of methoxy groups -OCH3 is 1. The zero-order valence-corrected chi connectivity index (χ0v) is 12.4. The van der Waals surface area contributed by atoms with Gasteiger partial charge in [-0.05, 0) is 35.0 Å². The highest BCUT2D eigenvalue weighted by Gasteiger charge is 2.13. The summed E-state index contributed by atoms with van der Waals surface area (Å²) in [4.78, 5) is 4.46. The number of nitrogens with two attached hydrogens (primary N) is 1. The average Bonchev–Trinajstić information content (AvgIpc) is 2.82. The number of aromatic hydroxyl groups is 1. The Hall–Kier alpha value is -1.11. The molecule has 0 spiro atoms. The molecule has 2 rings (SSSR count). The van der Waals surface area contributed by atoms with Gasteiger partial charge in [-0.3, -0.25) is 0 Å². The first kappa shape index (κ1) is 13.3. The van der Waals surface area contributed by atoms with Crippen molar-refractivity contribution in [2.24, 2.45) is 5.73 Å². The summed E-state index contributed by atoms with van der Waals surface area (Å²) in [6.45, 7) is 1.89. The number of hydrogen-bond acceptors (Lipinski definition) is 5. The van der Waals surface area contributed by atoms with Gasteiger partial charge in [-0.2, -0.15) is 0 Å². The van der Waals surface area contributed by atoms with Gasteiger partial charge in [0, 0.05) is 17.0 Å². The van der Waals surface area contributed by atoms with Crippen molar-refractivity contribution >= 4 is 27.3 Å². The van der Waals surface area contributed by atoms with Crippen LogP contribution in [0.3, 0.4) is 0 Å². The maximum atomic E-state index is 9.75. The van der Waals surface area contributed by atoms with E-state index in [0.29, 0.717) is 10.2 Å². The molecule has 3 N–H and O–H groups in total. The fourth-order valence-electron chi connectivity index (χ4n) is 1.48. The molecule has 0 bridgehead atoms. The van der Waals surface area contributed by atoms with Crippen LogP contribution in [0.4, 0.5) is 0 Å². The number of nitrogens with zero attached hydrogens (tertiary/aromatic N) is 1. The van der Waals surface area contributed by atoms with Gasteiger partial charge in [-0.15, -0.1) is 11.3 Å². The van der Waals surface area contributed by atoms with E-state index in [1.807, 2.05) is 18.4 Å². The average molecular weight is 329 g/mol. The molecule has 1 aromatic carbocycles. The SMILES string of the molecule is COc1cc(-c2nc(C(C)N)cs2)cc(Br)c1O. The third-order valence-electron chi connectivity index (χ3n) is 2.48. The smallest absolute Gasteiger partial charge is 0.172 e. The minimum Gasteiger partial charge on any atom is -0.503 e. The first-order valence-electron chi connectivity index (χ1n) is 5.30. The Morgan fingerprint density at radius 2 is 2.22 bits per heavy atom. The Bertz CT molecular complexity index is 569. The summed E-state index contributed by atoms with van der Waals surface area (Å²) in [5.41, 5.74) is 7.53. The molecule has 0 saturated heterocycles. The molecule has 0 fully saturated rings. The molecule has 18 heavy (non-hydrogen) atoms. The number of thiazole rings is 1. The first-order valence-corrected chi connectivity index (χ1v) is 6.98. The second kappa shape index (κ2) is 5.26. The Balaban J connectivity index is 2.47. The van der Waals surface area contributed by atoms with E-state index in [4.69, 9.17) is 10.5 Å². The van der Waals surface area contributed by atoms with Crippen molar-refractivity contribution in [3.8, 4) is 22.1 Å². The molecule has 0 aliphatic carbocycles. The van der Waals surface area contributed by atoms with Crippen LogP contribution in [0, 0.1) is 0 Å². The maximum absolute atomic E-state index is 9.75. The van der Waals surface area contributed by atoms with Crippen LogP contribution in [-0.2, 0) is 0 Å². The highest BCUT2D eigenvalue weighted by atomic mass is 79.9. The lowest BCUT2D eigenvalue weighted by Crippen LogP contribution is -2.04. The summed E-state index contributed by atoms with van der Waals surface area (Å²) in [5, 5.41) is 12.5. The molecule has 0 amide bonds. The Kier molecular flexibility index (Phi) is 3.89. The number of aromatic nitrogens is 1. The van der Waals surface area contributed by atoms with Crippen LogP contribution in [0.5, 0.6) is 11.5 Å². The zero-order chi connectivity index (χ0) is 13.3. The van der Waals surface area contributed by atoms with Gasteiger partial charge in [0.1, 0.15) is 5.01 Å². The Morgan fingerprint density at radius 3 is 2.78 bits per heavy atom. The quantitative estimate of drug-likeness (QED) is 0.906. The minimum atomic E-state index is -0.0857. The number of ether oxygens (including phenoxy) is 1. The first-order chi connectivity index (χ1) is 8.52. The van der Waals surface area contributed by atoms with Gasteiger partial charge in [-0.25, -0.2) is 4.98 Å². The van der Waals surface area contributed by atoms with Crippen molar-refractivity contribution in [1.82, 2.24) is 4.98 Å². The van der Waals surface area contributed by atoms with E-state index in [-0.39, 0.29) is 11.8 Å². The fourth-order valence-corrected chi connectivity index (χ4v) is 2.83. The third-order valence-corrected chi connectivity index (χ3v) is 4.00. The van der Waals surface area contributed by atoms with E-state index >= 15 is 0 Å². The number of benzene rings is 1. The molecule has 1 unspecified atom stereocenters. The molecule has 2 aromatic rings. The summed E-state index contributed by atoms with van der Waals surface area (Å²) in [6, 6.07) is 3.48. The summed E-state index contributed by atoms with van der Waals surface area (Å²) in [7, 11) is 1.51. The highest BCUT2D eigenvalue weighted by Crippen LogP contribution is 2.39. The molecule has 0 aliphatic heterocycles. The normalized spacial score (nSPS) is 12.4. The molecule has 6 heteroatoms. The van der Waals surface area contributed by atoms with Crippen molar-refractivity contribution in [2.75, 3.05) is 7.11 Å². The van der Waals surface area contributed by atoms with E-state index in [9.17, 15) is 5.11 Å². The summed E-state index contributed by atoms with van der Waals surface area (Å²) < 4.78 is 5.69. The maximum Gasteiger partial charge on any atom is 0.172 e. The largest absolute Gasteiger partial charge is 0.503 e. The second-order valence-electron chi connectivity index (χ2n) is 3.88. The van der Waals surface area contributed by atoms with Crippen LogP contribution in [0.25, 0.3) is 10.6 Å². The number of rotatable bonds is 3. The van der Waals surface area contributed by atoms with Crippen molar-refractivity contribution in [3.05, 3.63) is 27.7 Å². The predicted octanol–water partition coefficient (Wildman–Crippen LogP) is 3.31. The fraction of sp³-hybridized carbons (Fsp3) is 0.250. The van der Waals surface area contributed by atoms with E-state index in [1.165, 1.54) is 18.4 Å². The molecule has 0 saturated carbocycles. The van der Waals surface area contributed by atoms with Crippen LogP contribution in [0.15, 0.2) is 22.0 Å². The van der Waals surface area contributed by atoms with Crippen LogP contribution in [0.1, 0.15) is 18.7 Å². The third kappa shape index (κ3) is 2.50.